The molecule has 0 radical (unpaired) electrons. The molecule has 0 spiro atoms. The first-order valence-electron chi connectivity index (χ1n) is 6.46. The Morgan fingerprint density at radius 3 is 2.58 bits per heavy atom. The van der Waals surface area contributed by atoms with Gasteiger partial charge in [-0.05, 0) is 12.3 Å². The van der Waals surface area contributed by atoms with E-state index in [1.54, 1.807) is 6.33 Å². The molecule has 0 saturated heterocycles. The topological polar surface area (TPSA) is 38.7 Å². The van der Waals surface area contributed by atoms with Crippen LogP contribution in [0.2, 0.25) is 0 Å². The minimum Gasteiger partial charge on any atom is -0.217 e. The van der Waals surface area contributed by atoms with Crippen molar-refractivity contribution in [3.8, 4) is 11.4 Å². The lowest BCUT2D eigenvalue weighted by atomic mass is 9.98. The number of benzene rings is 1. The maximum absolute atomic E-state index is 4.55. The van der Waals surface area contributed by atoms with Crippen molar-refractivity contribution < 1.29 is 0 Å². The van der Waals surface area contributed by atoms with Crippen LogP contribution in [0.25, 0.3) is 17.0 Å². The molecule has 2 aromatic rings. The van der Waals surface area contributed by atoms with Gasteiger partial charge in [0, 0.05) is 11.1 Å². The van der Waals surface area contributed by atoms with Crippen molar-refractivity contribution in [3.05, 3.63) is 60.7 Å². The van der Waals surface area contributed by atoms with Crippen LogP contribution in [0, 0.1) is 5.92 Å². The number of hydrogen-bond acceptors (Lipinski definition) is 3. The largest absolute Gasteiger partial charge is 0.217 e. The number of nitrogens with zero attached hydrogens (tertiary/aromatic N) is 3. The van der Waals surface area contributed by atoms with Crippen molar-refractivity contribution in [1.29, 1.82) is 0 Å². The molecule has 0 N–H and O–H groups in total. The summed E-state index contributed by atoms with van der Waals surface area (Å²) in [5, 5.41) is 0. The number of rotatable bonds is 2. The summed E-state index contributed by atoms with van der Waals surface area (Å²) in [6.45, 7) is 2.20. The van der Waals surface area contributed by atoms with Gasteiger partial charge < -0.3 is 0 Å². The summed E-state index contributed by atoms with van der Waals surface area (Å²) in [5.41, 5.74) is 2.09. The molecule has 1 aromatic heterocycles. The summed E-state index contributed by atoms with van der Waals surface area (Å²) < 4.78 is 0. The molecule has 94 valence electrons. The minimum absolute atomic E-state index is 0.596. The van der Waals surface area contributed by atoms with Crippen LogP contribution in [0.3, 0.4) is 0 Å². The quantitative estimate of drug-likeness (QED) is 0.817. The minimum atomic E-state index is 0.596. The predicted molar refractivity (Wildman–Crippen MR) is 76.2 cm³/mol. The van der Waals surface area contributed by atoms with E-state index in [1.165, 1.54) is 0 Å². The van der Waals surface area contributed by atoms with Crippen LogP contribution < -0.4 is 0 Å². The summed E-state index contributed by atoms with van der Waals surface area (Å²) >= 11 is 0. The van der Waals surface area contributed by atoms with E-state index in [2.05, 4.69) is 40.1 Å². The first-order chi connectivity index (χ1) is 9.33. The molecule has 1 heterocycles. The molecule has 3 rings (SSSR count). The van der Waals surface area contributed by atoms with Gasteiger partial charge in [0.2, 0.25) is 0 Å². The van der Waals surface area contributed by atoms with Gasteiger partial charge in [0.25, 0.3) is 0 Å². The summed E-state index contributed by atoms with van der Waals surface area (Å²) in [6, 6.07) is 9.97. The molecular formula is C16H15N3. The summed E-state index contributed by atoms with van der Waals surface area (Å²) in [6.07, 6.45) is 9.10. The summed E-state index contributed by atoms with van der Waals surface area (Å²) in [5.74, 6) is 2.06. The van der Waals surface area contributed by atoms with E-state index in [0.717, 1.165) is 29.2 Å². The zero-order chi connectivity index (χ0) is 13.1. The van der Waals surface area contributed by atoms with E-state index in [1.807, 2.05) is 30.3 Å². The van der Waals surface area contributed by atoms with Crippen molar-refractivity contribution in [2.75, 3.05) is 0 Å². The number of allylic oxidation sites excluding steroid dienone is 4. The van der Waals surface area contributed by atoms with Gasteiger partial charge in [-0.15, -0.1) is 0 Å². The SMILES string of the molecule is CC1C=CC(c2ncnc(-c3ccccc3)n2)=CC1. The highest BCUT2D eigenvalue weighted by Crippen LogP contribution is 2.22. The fourth-order valence-corrected chi connectivity index (χ4v) is 2.05. The molecule has 1 aliphatic rings. The highest BCUT2D eigenvalue weighted by atomic mass is 15.0. The van der Waals surface area contributed by atoms with Gasteiger partial charge in [-0.3, -0.25) is 0 Å². The molecule has 1 aromatic carbocycles. The fourth-order valence-electron chi connectivity index (χ4n) is 2.05. The van der Waals surface area contributed by atoms with Crippen LogP contribution in [-0.2, 0) is 0 Å². The summed E-state index contributed by atoms with van der Waals surface area (Å²) in [7, 11) is 0. The Balaban J connectivity index is 1.95. The zero-order valence-electron chi connectivity index (χ0n) is 10.8. The molecule has 0 fully saturated rings. The van der Waals surface area contributed by atoms with Crippen LogP contribution in [-0.4, -0.2) is 15.0 Å². The molecule has 0 amide bonds. The molecule has 0 saturated carbocycles. The standard InChI is InChI=1S/C16H15N3/c1-12-7-9-14(10-8-12)16-18-11-17-15(19-16)13-5-3-2-4-6-13/h2-7,9-12H,8H2,1H3. The van der Waals surface area contributed by atoms with Crippen molar-refractivity contribution in [3.63, 3.8) is 0 Å². The molecule has 3 nitrogen and oxygen atoms in total. The Labute approximate surface area is 112 Å². The van der Waals surface area contributed by atoms with Crippen LogP contribution >= 0.6 is 0 Å². The lowest BCUT2D eigenvalue weighted by molar-refractivity contribution is 0.738. The summed E-state index contributed by atoms with van der Waals surface area (Å²) in [4.78, 5) is 13.1. The van der Waals surface area contributed by atoms with Crippen molar-refractivity contribution in [2.45, 2.75) is 13.3 Å². The third kappa shape index (κ3) is 2.60. The fraction of sp³-hybridized carbons (Fsp3) is 0.188. The molecule has 3 heteroatoms. The Morgan fingerprint density at radius 1 is 1.05 bits per heavy atom. The average Bonchev–Trinajstić information content (AvgIpc) is 2.49. The van der Waals surface area contributed by atoms with E-state index in [4.69, 9.17) is 0 Å². The van der Waals surface area contributed by atoms with Crippen LogP contribution in [0.1, 0.15) is 19.2 Å². The first-order valence-corrected chi connectivity index (χ1v) is 6.46. The average molecular weight is 249 g/mol. The molecule has 1 aliphatic carbocycles. The van der Waals surface area contributed by atoms with E-state index in [-0.39, 0.29) is 0 Å². The first kappa shape index (κ1) is 11.8. The van der Waals surface area contributed by atoms with Gasteiger partial charge >= 0.3 is 0 Å². The molecule has 0 bridgehead atoms. The van der Waals surface area contributed by atoms with Crippen molar-refractivity contribution in [2.24, 2.45) is 5.92 Å². The van der Waals surface area contributed by atoms with Gasteiger partial charge in [0.15, 0.2) is 11.6 Å². The second-order valence-corrected chi connectivity index (χ2v) is 4.73. The van der Waals surface area contributed by atoms with Gasteiger partial charge in [0.05, 0.1) is 0 Å². The Bertz CT molecular complexity index is 629. The second kappa shape index (κ2) is 5.14. The van der Waals surface area contributed by atoms with Gasteiger partial charge in [-0.2, -0.15) is 0 Å². The second-order valence-electron chi connectivity index (χ2n) is 4.73. The zero-order valence-corrected chi connectivity index (χ0v) is 10.8. The van der Waals surface area contributed by atoms with E-state index >= 15 is 0 Å². The number of aromatic nitrogens is 3. The Kier molecular flexibility index (Phi) is 3.19. The molecule has 19 heavy (non-hydrogen) atoms. The lowest BCUT2D eigenvalue weighted by Crippen LogP contribution is -2.01. The van der Waals surface area contributed by atoms with Crippen LogP contribution in [0.5, 0.6) is 0 Å². The van der Waals surface area contributed by atoms with E-state index < -0.39 is 0 Å². The van der Waals surface area contributed by atoms with Crippen LogP contribution in [0.15, 0.2) is 54.9 Å². The highest BCUT2D eigenvalue weighted by molar-refractivity contribution is 5.71. The Morgan fingerprint density at radius 2 is 1.84 bits per heavy atom. The molecular weight excluding hydrogens is 234 g/mol. The normalized spacial score (nSPS) is 18.2. The number of hydrogen-bond donors (Lipinski definition) is 0. The van der Waals surface area contributed by atoms with Crippen LogP contribution in [0.4, 0.5) is 0 Å². The highest BCUT2D eigenvalue weighted by Gasteiger charge is 2.09. The third-order valence-corrected chi connectivity index (χ3v) is 3.18. The van der Waals surface area contributed by atoms with E-state index in [9.17, 15) is 0 Å². The maximum atomic E-state index is 4.55. The van der Waals surface area contributed by atoms with Crippen molar-refractivity contribution in [1.82, 2.24) is 15.0 Å². The predicted octanol–water partition coefficient (Wildman–Crippen LogP) is 3.52. The molecule has 1 unspecified atom stereocenters. The lowest BCUT2D eigenvalue weighted by Gasteiger charge is -2.10. The van der Waals surface area contributed by atoms with Crippen molar-refractivity contribution >= 4 is 5.57 Å². The van der Waals surface area contributed by atoms with Gasteiger partial charge in [0.1, 0.15) is 6.33 Å². The van der Waals surface area contributed by atoms with E-state index in [0.29, 0.717) is 5.92 Å². The van der Waals surface area contributed by atoms with Gasteiger partial charge in [-0.25, -0.2) is 15.0 Å². The smallest absolute Gasteiger partial charge is 0.163 e. The third-order valence-electron chi connectivity index (χ3n) is 3.18. The molecule has 0 aliphatic heterocycles. The monoisotopic (exact) mass is 249 g/mol. The van der Waals surface area contributed by atoms with Gasteiger partial charge in [-0.1, -0.05) is 55.5 Å². The molecule has 1 atom stereocenters. The maximum Gasteiger partial charge on any atom is 0.163 e. The Hall–Kier alpha value is -2.29.